The molecule has 4 nitrogen and oxygen atoms in total. The average Bonchev–Trinajstić information content (AvgIpc) is 2.82. The first-order chi connectivity index (χ1) is 10.6. The van der Waals surface area contributed by atoms with Gasteiger partial charge in [-0.15, -0.1) is 11.3 Å². The van der Waals surface area contributed by atoms with E-state index in [1.54, 1.807) is 5.38 Å². The number of nitrogens with zero attached hydrogens (tertiary/aromatic N) is 2. The van der Waals surface area contributed by atoms with Crippen LogP contribution >= 0.6 is 11.3 Å². The molecule has 0 saturated heterocycles. The highest BCUT2D eigenvalue weighted by Crippen LogP contribution is 2.32. The number of hydrogen-bond donors (Lipinski definition) is 1. The zero-order valence-electron chi connectivity index (χ0n) is 12.9. The Hall–Kier alpha value is -1.96. The Morgan fingerprint density at radius 3 is 2.61 bits per heavy atom. The van der Waals surface area contributed by atoms with Gasteiger partial charge in [0.1, 0.15) is 0 Å². The second kappa shape index (κ2) is 6.27. The minimum atomic E-state index is -4.64. The normalized spacial score (nSPS) is 12.3. The molecular formula is C15H16F3N3OS. The van der Waals surface area contributed by atoms with Gasteiger partial charge < -0.3 is 0 Å². The highest BCUT2D eigenvalue weighted by molar-refractivity contribution is 7.14. The first-order valence-electron chi connectivity index (χ1n) is 6.83. The van der Waals surface area contributed by atoms with E-state index in [0.717, 1.165) is 18.0 Å². The molecule has 0 unspecified atom stereocenters. The van der Waals surface area contributed by atoms with Crippen LogP contribution in [0.5, 0.6) is 0 Å². The van der Waals surface area contributed by atoms with Gasteiger partial charge in [-0.2, -0.15) is 13.2 Å². The van der Waals surface area contributed by atoms with Crippen LogP contribution in [0.2, 0.25) is 0 Å². The van der Waals surface area contributed by atoms with Gasteiger partial charge in [0, 0.05) is 17.8 Å². The molecule has 23 heavy (non-hydrogen) atoms. The van der Waals surface area contributed by atoms with Gasteiger partial charge in [0.15, 0.2) is 5.13 Å². The van der Waals surface area contributed by atoms with Crippen LogP contribution in [-0.4, -0.2) is 15.9 Å². The molecule has 8 heteroatoms. The molecule has 2 aromatic heterocycles. The molecule has 2 heterocycles. The summed E-state index contributed by atoms with van der Waals surface area (Å²) >= 11 is 1.19. The third-order valence-corrected chi connectivity index (χ3v) is 3.66. The smallest absolute Gasteiger partial charge is 0.298 e. The number of thiazole rings is 1. The molecule has 0 atom stereocenters. The minimum Gasteiger partial charge on any atom is -0.298 e. The number of aromatic nitrogens is 2. The van der Waals surface area contributed by atoms with E-state index < -0.39 is 23.2 Å². The fourth-order valence-corrected chi connectivity index (χ4v) is 2.68. The Morgan fingerprint density at radius 2 is 2.00 bits per heavy atom. The summed E-state index contributed by atoms with van der Waals surface area (Å²) < 4.78 is 38.7. The summed E-state index contributed by atoms with van der Waals surface area (Å²) in [4.78, 5) is 19.8. The third-order valence-electron chi connectivity index (χ3n) is 2.85. The molecule has 0 aliphatic heterocycles. The maximum Gasteiger partial charge on any atom is 0.418 e. The topological polar surface area (TPSA) is 54.9 Å². The minimum absolute atomic E-state index is 0.0317. The van der Waals surface area contributed by atoms with Crippen molar-refractivity contribution in [1.29, 1.82) is 0 Å². The number of carbonyl (C=O) groups is 1. The fraction of sp³-hybridized carbons (Fsp3) is 0.400. The van der Waals surface area contributed by atoms with Crippen molar-refractivity contribution >= 4 is 22.4 Å². The molecule has 0 aliphatic rings. The Labute approximate surface area is 135 Å². The van der Waals surface area contributed by atoms with Crippen LogP contribution in [0.4, 0.5) is 18.3 Å². The molecule has 1 N–H and O–H groups in total. The van der Waals surface area contributed by atoms with Crippen LogP contribution < -0.4 is 5.32 Å². The number of hydrogen-bond acceptors (Lipinski definition) is 4. The first kappa shape index (κ1) is 17.4. The van der Waals surface area contributed by atoms with Gasteiger partial charge in [-0.25, -0.2) is 4.98 Å². The average molecular weight is 343 g/mol. The lowest BCUT2D eigenvalue weighted by molar-refractivity contribution is -0.138. The maximum atomic E-state index is 12.9. The first-order valence-corrected chi connectivity index (χ1v) is 7.71. The summed E-state index contributed by atoms with van der Waals surface area (Å²) in [6, 6.07) is 1.04. The Bertz CT molecular complexity index is 704. The van der Waals surface area contributed by atoms with Gasteiger partial charge in [-0.05, 0) is 17.9 Å². The summed E-state index contributed by atoms with van der Waals surface area (Å²) in [6.07, 6.45) is -2.14. The maximum absolute atomic E-state index is 12.9. The van der Waals surface area contributed by atoms with Crippen LogP contribution in [0.3, 0.4) is 0 Å². The Kier molecular flexibility index (Phi) is 4.74. The fourth-order valence-electron chi connectivity index (χ4n) is 1.97. The summed E-state index contributed by atoms with van der Waals surface area (Å²) in [6.45, 7) is 6.16. The van der Waals surface area contributed by atoms with E-state index in [9.17, 15) is 18.0 Å². The lowest BCUT2D eigenvalue weighted by Gasteiger charge is -2.15. The highest BCUT2D eigenvalue weighted by Gasteiger charge is 2.35. The number of halogens is 3. The second-order valence-electron chi connectivity index (χ2n) is 6.25. The van der Waals surface area contributed by atoms with Crippen molar-refractivity contribution in [2.45, 2.75) is 33.4 Å². The molecule has 0 spiro atoms. The monoisotopic (exact) mass is 343 g/mol. The molecule has 0 saturated carbocycles. The van der Waals surface area contributed by atoms with Gasteiger partial charge >= 0.3 is 6.18 Å². The lowest BCUT2D eigenvalue weighted by atomic mass is 9.91. The number of carbonyl (C=O) groups excluding carboxylic acids is 1. The number of rotatable bonds is 3. The Morgan fingerprint density at radius 1 is 1.30 bits per heavy atom. The van der Waals surface area contributed by atoms with Crippen LogP contribution in [0, 0.1) is 5.41 Å². The van der Waals surface area contributed by atoms with E-state index in [1.165, 1.54) is 11.3 Å². The quantitative estimate of drug-likeness (QED) is 0.899. The van der Waals surface area contributed by atoms with E-state index in [-0.39, 0.29) is 10.5 Å². The van der Waals surface area contributed by atoms with E-state index in [1.807, 2.05) is 0 Å². The van der Waals surface area contributed by atoms with Crippen LogP contribution in [0.15, 0.2) is 23.8 Å². The van der Waals surface area contributed by atoms with Gasteiger partial charge in [-0.1, -0.05) is 20.8 Å². The molecule has 124 valence electrons. The molecule has 2 aromatic rings. The van der Waals surface area contributed by atoms with Crippen LogP contribution in [0.1, 0.15) is 42.4 Å². The van der Waals surface area contributed by atoms with Gasteiger partial charge in [-0.3, -0.25) is 15.1 Å². The molecule has 0 bridgehead atoms. The predicted octanol–water partition coefficient (Wildman–Crippen LogP) is 4.40. The molecule has 0 aliphatic carbocycles. The molecule has 0 radical (unpaired) electrons. The largest absolute Gasteiger partial charge is 0.418 e. The van der Waals surface area contributed by atoms with Crippen LogP contribution in [0.25, 0.3) is 0 Å². The molecular weight excluding hydrogens is 327 g/mol. The predicted molar refractivity (Wildman–Crippen MR) is 82.5 cm³/mol. The number of anilines is 1. The number of nitrogens with one attached hydrogen (secondary N) is 1. The van der Waals surface area contributed by atoms with Crippen molar-refractivity contribution in [2.75, 3.05) is 5.32 Å². The van der Waals surface area contributed by atoms with E-state index >= 15 is 0 Å². The number of alkyl halides is 3. The van der Waals surface area contributed by atoms with Gasteiger partial charge in [0.2, 0.25) is 0 Å². The highest BCUT2D eigenvalue weighted by atomic mass is 32.1. The summed E-state index contributed by atoms with van der Waals surface area (Å²) in [7, 11) is 0. The van der Waals surface area contributed by atoms with Gasteiger partial charge in [0.05, 0.1) is 16.8 Å². The number of pyridine rings is 1. The summed E-state index contributed by atoms with van der Waals surface area (Å²) in [5, 5.41) is 4.48. The van der Waals surface area contributed by atoms with Crippen molar-refractivity contribution in [2.24, 2.45) is 5.41 Å². The van der Waals surface area contributed by atoms with Crippen molar-refractivity contribution in [3.05, 3.63) is 40.7 Å². The zero-order valence-corrected chi connectivity index (χ0v) is 13.7. The second-order valence-corrected chi connectivity index (χ2v) is 7.11. The molecule has 2 rings (SSSR count). The third kappa shape index (κ3) is 4.75. The van der Waals surface area contributed by atoms with Gasteiger partial charge in [0.25, 0.3) is 5.91 Å². The molecule has 0 aromatic carbocycles. The standard InChI is InChI=1S/C15H16F3N3OS/c1-14(2,3)6-9-8-23-13(20-9)21-12(22)10-4-5-19-7-11(10)15(16,17)18/h4-5,7-8H,6H2,1-3H3,(H,20,21,22). The van der Waals surface area contributed by atoms with E-state index in [4.69, 9.17) is 0 Å². The van der Waals surface area contributed by atoms with Crippen LogP contribution in [-0.2, 0) is 12.6 Å². The molecule has 1 amide bonds. The Balaban J connectivity index is 2.18. The molecule has 0 fully saturated rings. The number of amides is 1. The van der Waals surface area contributed by atoms with E-state index in [2.05, 4.69) is 36.1 Å². The van der Waals surface area contributed by atoms with Crippen molar-refractivity contribution in [3.63, 3.8) is 0 Å². The zero-order chi connectivity index (χ0) is 17.3. The SMILES string of the molecule is CC(C)(C)Cc1csc(NC(=O)c2ccncc2C(F)(F)F)n1. The van der Waals surface area contributed by atoms with Crippen molar-refractivity contribution < 1.29 is 18.0 Å². The van der Waals surface area contributed by atoms with Crippen molar-refractivity contribution in [1.82, 2.24) is 9.97 Å². The lowest BCUT2D eigenvalue weighted by Crippen LogP contribution is -2.19. The summed E-state index contributed by atoms with van der Waals surface area (Å²) in [5.74, 6) is -0.851. The van der Waals surface area contributed by atoms with Crippen molar-refractivity contribution in [3.8, 4) is 0 Å². The van der Waals surface area contributed by atoms with E-state index in [0.29, 0.717) is 12.6 Å². The summed E-state index contributed by atoms with van der Waals surface area (Å²) in [5.41, 5.74) is -0.711.